The summed E-state index contributed by atoms with van der Waals surface area (Å²) in [5, 5.41) is 6.00. The van der Waals surface area contributed by atoms with Crippen molar-refractivity contribution in [2.24, 2.45) is 7.05 Å². The lowest BCUT2D eigenvalue weighted by Crippen LogP contribution is -2.35. The maximum absolute atomic E-state index is 5.95. The highest BCUT2D eigenvalue weighted by atomic mass is 35.5. The summed E-state index contributed by atoms with van der Waals surface area (Å²) in [6.07, 6.45) is 5.65. The Hall–Kier alpha value is -2.34. The highest BCUT2D eigenvalue weighted by Gasteiger charge is 2.28. The Morgan fingerprint density at radius 3 is 2.92 bits per heavy atom. The van der Waals surface area contributed by atoms with Crippen molar-refractivity contribution in [2.45, 2.75) is 18.9 Å². The fourth-order valence-corrected chi connectivity index (χ4v) is 3.32. The van der Waals surface area contributed by atoms with Gasteiger partial charge in [0.05, 0.1) is 17.6 Å². The van der Waals surface area contributed by atoms with E-state index in [0.29, 0.717) is 17.7 Å². The predicted octanol–water partition coefficient (Wildman–Crippen LogP) is 3.06. The molecule has 0 aliphatic carbocycles. The number of ether oxygens (including phenoxy) is 1. The molecule has 0 bridgehead atoms. The average molecular weight is 344 g/mol. The van der Waals surface area contributed by atoms with Gasteiger partial charge in [0.2, 0.25) is 0 Å². The minimum Gasteiger partial charge on any atom is -0.491 e. The van der Waals surface area contributed by atoms with Gasteiger partial charge in [-0.3, -0.25) is 4.68 Å². The second-order valence-corrected chi connectivity index (χ2v) is 6.39. The Kier molecular flexibility index (Phi) is 3.98. The lowest BCUT2D eigenvalue weighted by molar-refractivity contribution is 0.288. The van der Waals surface area contributed by atoms with E-state index in [2.05, 4.69) is 20.0 Å². The van der Waals surface area contributed by atoms with Crippen LogP contribution in [0.5, 0.6) is 5.75 Å². The van der Waals surface area contributed by atoms with E-state index in [1.54, 1.807) is 11.0 Å². The maximum Gasteiger partial charge on any atom is 0.163 e. The normalized spacial score (nSPS) is 17.6. The Morgan fingerprint density at radius 1 is 1.25 bits per heavy atom. The molecule has 1 aromatic carbocycles. The van der Waals surface area contributed by atoms with Crippen molar-refractivity contribution in [3.63, 3.8) is 0 Å². The van der Waals surface area contributed by atoms with Gasteiger partial charge in [0, 0.05) is 18.6 Å². The van der Waals surface area contributed by atoms with Crippen molar-refractivity contribution < 1.29 is 4.74 Å². The van der Waals surface area contributed by atoms with Crippen molar-refractivity contribution in [3.8, 4) is 5.75 Å². The number of aryl methyl sites for hydroxylation is 1. The van der Waals surface area contributed by atoms with Gasteiger partial charge in [0.25, 0.3) is 0 Å². The number of anilines is 1. The highest BCUT2D eigenvalue weighted by molar-refractivity contribution is 6.30. The second-order valence-electron chi connectivity index (χ2n) is 5.96. The molecule has 0 amide bonds. The number of halogens is 1. The second kappa shape index (κ2) is 6.28. The molecule has 1 saturated heterocycles. The van der Waals surface area contributed by atoms with Crippen molar-refractivity contribution in [1.82, 2.24) is 19.7 Å². The Labute approximate surface area is 145 Å². The van der Waals surface area contributed by atoms with E-state index < -0.39 is 0 Å². The van der Waals surface area contributed by atoms with Crippen LogP contribution in [0, 0.1) is 0 Å². The van der Waals surface area contributed by atoms with E-state index in [0.717, 1.165) is 42.0 Å². The Morgan fingerprint density at radius 2 is 2.08 bits per heavy atom. The molecule has 3 aromatic rings. The maximum atomic E-state index is 5.95. The first-order valence-corrected chi connectivity index (χ1v) is 8.38. The topological polar surface area (TPSA) is 56.1 Å². The SMILES string of the molecule is Cn1ncc2c(N3CCCC3COc3ccc(Cl)cc3)ncnc21. The number of nitrogens with zero attached hydrogens (tertiary/aromatic N) is 5. The molecule has 0 spiro atoms. The molecule has 1 aliphatic heterocycles. The summed E-state index contributed by atoms with van der Waals surface area (Å²) in [6, 6.07) is 7.76. The third kappa shape index (κ3) is 2.78. The number of hydrogen-bond donors (Lipinski definition) is 0. The molecule has 6 nitrogen and oxygen atoms in total. The van der Waals surface area contributed by atoms with E-state index >= 15 is 0 Å². The van der Waals surface area contributed by atoms with Crippen molar-refractivity contribution in [3.05, 3.63) is 41.8 Å². The first-order chi connectivity index (χ1) is 11.7. The van der Waals surface area contributed by atoms with Gasteiger partial charge in [-0.05, 0) is 37.1 Å². The van der Waals surface area contributed by atoms with Crippen molar-refractivity contribution in [1.29, 1.82) is 0 Å². The van der Waals surface area contributed by atoms with Gasteiger partial charge in [-0.15, -0.1) is 0 Å². The Balaban J connectivity index is 1.54. The number of fused-ring (bicyclic) bond motifs is 1. The van der Waals surface area contributed by atoms with E-state index in [-0.39, 0.29) is 0 Å². The van der Waals surface area contributed by atoms with Crippen LogP contribution in [0.25, 0.3) is 11.0 Å². The number of benzene rings is 1. The highest BCUT2D eigenvalue weighted by Crippen LogP contribution is 2.29. The molecule has 1 unspecified atom stereocenters. The summed E-state index contributed by atoms with van der Waals surface area (Å²) in [7, 11) is 1.89. The van der Waals surface area contributed by atoms with Gasteiger partial charge in [-0.2, -0.15) is 5.10 Å². The number of hydrogen-bond acceptors (Lipinski definition) is 5. The largest absolute Gasteiger partial charge is 0.491 e. The molecule has 24 heavy (non-hydrogen) atoms. The van der Waals surface area contributed by atoms with Crippen LogP contribution >= 0.6 is 11.6 Å². The first kappa shape index (κ1) is 15.2. The zero-order valence-corrected chi connectivity index (χ0v) is 14.1. The van der Waals surface area contributed by atoms with Gasteiger partial charge in [-0.25, -0.2) is 9.97 Å². The van der Waals surface area contributed by atoms with Crippen LogP contribution in [0.2, 0.25) is 5.02 Å². The summed E-state index contributed by atoms with van der Waals surface area (Å²) in [6.45, 7) is 1.59. The number of rotatable bonds is 4. The minimum absolute atomic E-state index is 0.291. The van der Waals surface area contributed by atoms with Crippen LogP contribution in [0.1, 0.15) is 12.8 Å². The fraction of sp³-hybridized carbons (Fsp3) is 0.353. The summed E-state index contributed by atoms with van der Waals surface area (Å²) < 4.78 is 7.72. The molecule has 0 saturated carbocycles. The average Bonchev–Trinajstić information content (AvgIpc) is 3.21. The van der Waals surface area contributed by atoms with E-state index in [1.165, 1.54) is 0 Å². The van der Waals surface area contributed by atoms with E-state index in [4.69, 9.17) is 16.3 Å². The van der Waals surface area contributed by atoms with Gasteiger partial charge in [0.15, 0.2) is 5.65 Å². The van der Waals surface area contributed by atoms with Crippen molar-refractivity contribution >= 4 is 28.5 Å². The summed E-state index contributed by atoms with van der Waals surface area (Å²) >= 11 is 5.91. The third-order valence-electron chi connectivity index (χ3n) is 4.41. The molecule has 1 aliphatic rings. The molecular formula is C17H18ClN5O. The van der Waals surface area contributed by atoms with Crippen LogP contribution in [0.15, 0.2) is 36.8 Å². The third-order valence-corrected chi connectivity index (χ3v) is 4.67. The smallest absolute Gasteiger partial charge is 0.163 e. The van der Waals surface area contributed by atoms with Crippen LogP contribution in [-0.2, 0) is 7.05 Å². The lowest BCUT2D eigenvalue weighted by Gasteiger charge is -2.26. The molecule has 1 atom stereocenters. The molecule has 124 valence electrons. The molecule has 0 N–H and O–H groups in total. The zero-order valence-electron chi connectivity index (χ0n) is 13.4. The zero-order chi connectivity index (χ0) is 16.5. The van der Waals surface area contributed by atoms with Gasteiger partial charge < -0.3 is 9.64 Å². The molecule has 3 heterocycles. The Bertz CT molecular complexity index is 848. The van der Waals surface area contributed by atoms with Crippen molar-refractivity contribution in [2.75, 3.05) is 18.1 Å². The summed E-state index contributed by atoms with van der Waals surface area (Å²) in [5.74, 6) is 1.77. The van der Waals surface area contributed by atoms with Crippen LogP contribution < -0.4 is 9.64 Å². The molecule has 0 radical (unpaired) electrons. The molecular weight excluding hydrogens is 326 g/mol. The fourth-order valence-electron chi connectivity index (χ4n) is 3.19. The monoisotopic (exact) mass is 343 g/mol. The van der Waals surface area contributed by atoms with Crippen LogP contribution in [0.4, 0.5) is 5.82 Å². The quantitative estimate of drug-likeness (QED) is 0.728. The summed E-state index contributed by atoms with van der Waals surface area (Å²) in [5.41, 5.74) is 0.851. The van der Waals surface area contributed by atoms with E-state index in [1.807, 2.05) is 37.5 Å². The standard InChI is InChI=1S/C17H18ClN5O/c1-22-16-15(9-21-22)17(20-11-19-16)23-8-2-3-13(23)10-24-14-6-4-12(18)5-7-14/h4-7,9,11,13H,2-3,8,10H2,1H3. The predicted molar refractivity (Wildman–Crippen MR) is 93.6 cm³/mol. The van der Waals surface area contributed by atoms with Gasteiger partial charge >= 0.3 is 0 Å². The number of aromatic nitrogens is 4. The lowest BCUT2D eigenvalue weighted by atomic mass is 10.2. The molecule has 4 rings (SSSR count). The van der Waals surface area contributed by atoms with Gasteiger partial charge in [-0.1, -0.05) is 11.6 Å². The molecule has 7 heteroatoms. The minimum atomic E-state index is 0.291. The van der Waals surface area contributed by atoms with Crippen LogP contribution in [-0.4, -0.2) is 38.9 Å². The van der Waals surface area contributed by atoms with E-state index in [9.17, 15) is 0 Å². The summed E-state index contributed by atoms with van der Waals surface area (Å²) in [4.78, 5) is 11.1. The molecule has 2 aromatic heterocycles. The first-order valence-electron chi connectivity index (χ1n) is 8.00. The van der Waals surface area contributed by atoms with Gasteiger partial charge in [0.1, 0.15) is 24.5 Å². The molecule has 1 fully saturated rings. The van der Waals surface area contributed by atoms with Crippen LogP contribution in [0.3, 0.4) is 0 Å².